The highest BCUT2D eigenvalue weighted by atomic mass is 32.2. The van der Waals surface area contributed by atoms with E-state index in [1.807, 2.05) is 24.3 Å². The van der Waals surface area contributed by atoms with Gasteiger partial charge >= 0.3 is 0 Å². The van der Waals surface area contributed by atoms with E-state index in [4.69, 9.17) is 9.47 Å². The van der Waals surface area contributed by atoms with E-state index >= 15 is 0 Å². The molecule has 2 aromatic rings. The van der Waals surface area contributed by atoms with Crippen molar-refractivity contribution in [3.8, 4) is 11.5 Å². The zero-order chi connectivity index (χ0) is 19.4. The van der Waals surface area contributed by atoms with Crippen LogP contribution in [0.1, 0.15) is 31.9 Å². The van der Waals surface area contributed by atoms with E-state index in [-0.39, 0.29) is 25.7 Å². The second-order valence-electron chi connectivity index (χ2n) is 7.11. The number of rotatable bonds is 7. The molecule has 2 aromatic carbocycles. The van der Waals surface area contributed by atoms with Crippen molar-refractivity contribution in [3.63, 3.8) is 0 Å². The molecule has 1 heterocycles. The fourth-order valence-corrected chi connectivity index (χ4v) is 3.65. The monoisotopic (exact) mass is 387 g/mol. The van der Waals surface area contributed by atoms with Gasteiger partial charge in [-0.2, -0.15) is 0 Å². The summed E-state index contributed by atoms with van der Waals surface area (Å²) in [6, 6.07) is 13.3. The van der Waals surface area contributed by atoms with Gasteiger partial charge in [-0.05, 0) is 42.3 Å². The Bertz CT molecular complexity index is 802. The molecule has 144 valence electrons. The van der Waals surface area contributed by atoms with Gasteiger partial charge in [0.2, 0.25) is 12.7 Å². The minimum atomic E-state index is -1.20. The van der Waals surface area contributed by atoms with E-state index in [0.717, 1.165) is 5.56 Å². The molecule has 1 unspecified atom stereocenters. The van der Waals surface area contributed by atoms with Crippen LogP contribution in [-0.4, -0.2) is 29.6 Å². The minimum Gasteiger partial charge on any atom is -0.454 e. The van der Waals surface area contributed by atoms with Crippen LogP contribution < -0.4 is 14.8 Å². The van der Waals surface area contributed by atoms with Crippen LogP contribution in [0, 0.1) is 0 Å². The zero-order valence-corrected chi connectivity index (χ0v) is 16.6. The summed E-state index contributed by atoms with van der Waals surface area (Å²) in [5, 5.41) is 14.1. The summed E-state index contributed by atoms with van der Waals surface area (Å²) in [5.41, 5.74) is 0.416. The number of benzene rings is 2. The van der Waals surface area contributed by atoms with Gasteiger partial charge in [0.1, 0.15) is 5.60 Å². The van der Waals surface area contributed by atoms with Gasteiger partial charge < -0.3 is 19.9 Å². The quantitative estimate of drug-likeness (QED) is 0.712. The number of nitrogens with one attached hydrogen (secondary N) is 1. The van der Waals surface area contributed by atoms with Crippen molar-refractivity contribution in [1.29, 1.82) is 0 Å². The molecule has 0 bridgehead atoms. The maximum Gasteiger partial charge on any atom is 0.231 e. The summed E-state index contributed by atoms with van der Waals surface area (Å²) in [4.78, 5) is 13.5. The summed E-state index contributed by atoms with van der Waals surface area (Å²) in [5.74, 6) is 1.15. The highest BCUT2D eigenvalue weighted by molar-refractivity contribution is 7.99. The fraction of sp³-hybridized carbons (Fsp3) is 0.381. The van der Waals surface area contributed by atoms with Crippen LogP contribution in [0.15, 0.2) is 47.4 Å². The van der Waals surface area contributed by atoms with E-state index in [1.54, 1.807) is 36.9 Å². The fourth-order valence-electron chi connectivity index (χ4n) is 2.81. The summed E-state index contributed by atoms with van der Waals surface area (Å²) in [6.07, 6.45) is 0.282. The van der Waals surface area contributed by atoms with Gasteiger partial charge in [-0.25, -0.2) is 0 Å². The van der Waals surface area contributed by atoms with Crippen LogP contribution in [0.2, 0.25) is 0 Å². The molecule has 1 amide bonds. The Morgan fingerprint density at radius 1 is 1.19 bits per heavy atom. The van der Waals surface area contributed by atoms with Crippen LogP contribution in [0.3, 0.4) is 0 Å². The Morgan fingerprint density at radius 3 is 2.59 bits per heavy atom. The Morgan fingerprint density at radius 2 is 1.89 bits per heavy atom. The topological polar surface area (TPSA) is 67.8 Å². The smallest absolute Gasteiger partial charge is 0.231 e. The predicted octanol–water partition coefficient (Wildman–Crippen LogP) is 3.48. The minimum absolute atomic E-state index is 0.118. The molecule has 6 heteroatoms. The average molecular weight is 388 g/mol. The van der Waals surface area contributed by atoms with Gasteiger partial charge in [0, 0.05) is 10.1 Å². The molecular formula is C21H25NO4S. The third-order valence-corrected chi connectivity index (χ3v) is 5.30. The molecule has 0 radical (unpaired) electrons. The second kappa shape index (κ2) is 8.23. The lowest BCUT2D eigenvalue weighted by molar-refractivity contribution is -0.121. The van der Waals surface area contributed by atoms with E-state index in [2.05, 4.69) is 19.2 Å². The average Bonchev–Trinajstić information content (AvgIpc) is 3.09. The number of hydrogen-bond acceptors (Lipinski definition) is 5. The molecule has 3 rings (SSSR count). The molecule has 0 aliphatic carbocycles. The maximum absolute atomic E-state index is 12.3. The van der Waals surface area contributed by atoms with Gasteiger partial charge in [0.05, 0.1) is 13.0 Å². The molecule has 2 N–H and O–H groups in total. The molecule has 0 spiro atoms. The van der Waals surface area contributed by atoms with Crippen molar-refractivity contribution in [2.24, 2.45) is 0 Å². The third-order valence-electron chi connectivity index (χ3n) is 4.28. The molecular weight excluding hydrogens is 362 g/mol. The number of thioether (sulfide) groups is 1. The van der Waals surface area contributed by atoms with Crippen LogP contribution in [0.5, 0.6) is 11.5 Å². The van der Waals surface area contributed by atoms with E-state index in [0.29, 0.717) is 22.3 Å². The number of ether oxygens (including phenoxy) is 2. The first kappa shape index (κ1) is 19.6. The Kier molecular flexibility index (Phi) is 5.97. The summed E-state index contributed by atoms with van der Waals surface area (Å²) in [7, 11) is 0. The summed E-state index contributed by atoms with van der Waals surface area (Å²) in [6.45, 7) is 6.28. The largest absolute Gasteiger partial charge is 0.454 e. The van der Waals surface area contributed by atoms with Gasteiger partial charge in [-0.3, -0.25) is 4.79 Å². The number of hydrogen-bond donors (Lipinski definition) is 2. The highest BCUT2D eigenvalue weighted by Gasteiger charge is 2.26. The number of fused-ring (bicyclic) bond motifs is 1. The number of carbonyl (C=O) groups excluding carboxylic acids is 1. The first-order chi connectivity index (χ1) is 12.8. The molecule has 5 nitrogen and oxygen atoms in total. The molecule has 0 saturated heterocycles. The zero-order valence-electron chi connectivity index (χ0n) is 15.8. The van der Waals surface area contributed by atoms with Crippen LogP contribution in [0.25, 0.3) is 0 Å². The molecule has 1 atom stereocenters. The molecule has 0 aromatic heterocycles. The van der Waals surface area contributed by atoms with E-state index in [1.165, 1.54) is 4.90 Å². The van der Waals surface area contributed by atoms with Gasteiger partial charge in [0.15, 0.2) is 11.5 Å². The SMILES string of the molecule is CC(C)Sc1ccc(CC(=O)NCC(C)(O)c2ccc3c(c2)OCO3)cc1. The third kappa shape index (κ3) is 5.17. The molecule has 1 aliphatic heterocycles. The van der Waals surface area contributed by atoms with Crippen molar-refractivity contribution in [3.05, 3.63) is 53.6 Å². The Labute approximate surface area is 164 Å². The van der Waals surface area contributed by atoms with Crippen molar-refractivity contribution in [2.75, 3.05) is 13.3 Å². The standard InChI is InChI=1S/C21H25NO4S/c1-14(2)27-17-7-4-15(5-8-17)10-20(23)22-12-21(3,24)16-6-9-18-19(11-16)26-13-25-18/h4-9,11,14,24H,10,12-13H2,1-3H3,(H,22,23). The van der Waals surface area contributed by atoms with Gasteiger partial charge in [-0.15, -0.1) is 11.8 Å². The normalized spacial score (nSPS) is 14.9. The van der Waals surface area contributed by atoms with Crippen molar-refractivity contribution in [2.45, 2.75) is 42.9 Å². The van der Waals surface area contributed by atoms with Crippen molar-refractivity contribution >= 4 is 17.7 Å². The highest BCUT2D eigenvalue weighted by Crippen LogP contribution is 2.35. The number of amides is 1. The van der Waals surface area contributed by atoms with Gasteiger partial charge in [-0.1, -0.05) is 32.0 Å². The number of aliphatic hydroxyl groups is 1. The van der Waals surface area contributed by atoms with Crippen molar-refractivity contribution < 1.29 is 19.4 Å². The molecule has 27 heavy (non-hydrogen) atoms. The summed E-state index contributed by atoms with van der Waals surface area (Å²) >= 11 is 1.79. The Hall–Kier alpha value is -2.18. The van der Waals surface area contributed by atoms with E-state index < -0.39 is 5.60 Å². The predicted molar refractivity (Wildman–Crippen MR) is 106 cm³/mol. The molecule has 0 fully saturated rings. The molecule has 0 saturated carbocycles. The first-order valence-electron chi connectivity index (χ1n) is 8.98. The first-order valence-corrected chi connectivity index (χ1v) is 9.86. The second-order valence-corrected chi connectivity index (χ2v) is 8.76. The summed E-state index contributed by atoms with van der Waals surface area (Å²) < 4.78 is 10.6. The number of carbonyl (C=O) groups is 1. The van der Waals surface area contributed by atoms with Gasteiger partial charge in [0.25, 0.3) is 0 Å². The lowest BCUT2D eigenvalue weighted by Gasteiger charge is -2.24. The van der Waals surface area contributed by atoms with Crippen LogP contribution in [0.4, 0.5) is 0 Å². The lowest BCUT2D eigenvalue weighted by atomic mass is 9.95. The lowest BCUT2D eigenvalue weighted by Crippen LogP contribution is -2.39. The Balaban J connectivity index is 1.55. The van der Waals surface area contributed by atoms with Crippen LogP contribution in [-0.2, 0) is 16.8 Å². The van der Waals surface area contributed by atoms with Crippen LogP contribution >= 0.6 is 11.8 Å². The van der Waals surface area contributed by atoms with E-state index in [9.17, 15) is 9.90 Å². The maximum atomic E-state index is 12.3. The molecule has 1 aliphatic rings. The van der Waals surface area contributed by atoms with Crippen molar-refractivity contribution in [1.82, 2.24) is 5.32 Å².